The van der Waals surface area contributed by atoms with Gasteiger partial charge in [0.1, 0.15) is 0 Å². The molecule has 1 N–H and O–H groups in total. The van der Waals surface area contributed by atoms with Crippen molar-refractivity contribution < 1.29 is 22.7 Å². The minimum absolute atomic E-state index is 0.145. The third-order valence-corrected chi connectivity index (χ3v) is 6.26. The van der Waals surface area contributed by atoms with Gasteiger partial charge in [0, 0.05) is 45.8 Å². The largest absolute Gasteiger partial charge is 0.416 e. The summed E-state index contributed by atoms with van der Waals surface area (Å²) in [5, 5.41) is 2.74. The quantitative estimate of drug-likeness (QED) is 0.643. The number of nitrogens with zero attached hydrogens (tertiary/aromatic N) is 3. The van der Waals surface area contributed by atoms with Crippen LogP contribution < -0.4 is 10.2 Å². The second-order valence-electron chi connectivity index (χ2n) is 8.77. The molecule has 0 atom stereocenters. The van der Waals surface area contributed by atoms with Crippen LogP contribution in [0.2, 0.25) is 0 Å². The molecule has 2 aromatic rings. The number of carbonyl (C=O) groups is 1. The lowest BCUT2D eigenvalue weighted by Crippen LogP contribution is -2.48. The smallest absolute Gasteiger partial charge is 0.378 e. The SMILES string of the molecule is O=C(CN1CCN(CC=Cc2ccccc2)CC1)Nc1cc(C(F)(F)F)ccc1N1CCOCC1. The molecule has 2 heterocycles. The lowest BCUT2D eigenvalue weighted by atomic mass is 10.1. The number of benzene rings is 2. The van der Waals surface area contributed by atoms with Crippen molar-refractivity contribution in [3.63, 3.8) is 0 Å². The Balaban J connectivity index is 1.31. The predicted molar refractivity (Wildman–Crippen MR) is 131 cm³/mol. The van der Waals surface area contributed by atoms with Crippen LogP contribution >= 0.6 is 0 Å². The van der Waals surface area contributed by atoms with Gasteiger partial charge in [-0.1, -0.05) is 42.5 Å². The first-order valence-electron chi connectivity index (χ1n) is 11.9. The zero-order valence-corrected chi connectivity index (χ0v) is 19.6. The van der Waals surface area contributed by atoms with Gasteiger partial charge in [0.2, 0.25) is 5.91 Å². The topological polar surface area (TPSA) is 48.1 Å². The number of anilines is 2. The van der Waals surface area contributed by atoms with Crippen LogP contribution in [0.3, 0.4) is 0 Å². The third-order valence-electron chi connectivity index (χ3n) is 6.26. The van der Waals surface area contributed by atoms with E-state index in [9.17, 15) is 18.0 Å². The number of amides is 1. The number of carbonyl (C=O) groups excluding carboxylic acids is 1. The van der Waals surface area contributed by atoms with E-state index in [4.69, 9.17) is 4.74 Å². The summed E-state index contributed by atoms with van der Waals surface area (Å²) in [7, 11) is 0. The maximum absolute atomic E-state index is 13.3. The minimum atomic E-state index is -4.48. The van der Waals surface area contributed by atoms with E-state index in [-0.39, 0.29) is 18.1 Å². The Kier molecular flexibility index (Phi) is 8.43. The van der Waals surface area contributed by atoms with Crippen LogP contribution in [0.4, 0.5) is 24.5 Å². The number of alkyl halides is 3. The van der Waals surface area contributed by atoms with Crippen LogP contribution in [0.15, 0.2) is 54.6 Å². The Labute approximate surface area is 203 Å². The molecule has 188 valence electrons. The second-order valence-corrected chi connectivity index (χ2v) is 8.77. The molecule has 1 amide bonds. The summed E-state index contributed by atoms with van der Waals surface area (Å²) in [5.41, 5.74) is 1.16. The fourth-order valence-electron chi connectivity index (χ4n) is 4.32. The Morgan fingerprint density at radius 3 is 2.31 bits per heavy atom. The molecule has 0 saturated carbocycles. The Morgan fingerprint density at radius 2 is 1.63 bits per heavy atom. The molecule has 2 aromatic carbocycles. The van der Waals surface area contributed by atoms with Crippen molar-refractivity contribution in [2.45, 2.75) is 6.18 Å². The Hall–Kier alpha value is -2.88. The number of piperazine rings is 1. The molecule has 0 bridgehead atoms. The van der Waals surface area contributed by atoms with E-state index in [1.54, 1.807) is 0 Å². The van der Waals surface area contributed by atoms with E-state index in [0.29, 0.717) is 32.0 Å². The Morgan fingerprint density at radius 1 is 0.943 bits per heavy atom. The molecule has 0 spiro atoms. The minimum Gasteiger partial charge on any atom is -0.378 e. The van der Waals surface area contributed by atoms with E-state index in [1.165, 1.54) is 6.07 Å². The van der Waals surface area contributed by atoms with E-state index in [1.807, 2.05) is 28.0 Å². The van der Waals surface area contributed by atoms with E-state index >= 15 is 0 Å². The van der Waals surface area contributed by atoms with Gasteiger partial charge in [-0.2, -0.15) is 13.2 Å². The summed E-state index contributed by atoms with van der Waals surface area (Å²) in [4.78, 5) is 19.1. The monoisotopic (exact) mass is 488 g/mol. The first-order valence-corrected chi connectivity index (χ1v) is 11.9. The highest BCUT2D eigenvalue weighted by Crippen LogP contribution is 2.35. The van der Waals surface area contributed by atoms with Gasteiger partial charge < -0.3 is 15.0 Å². The summed E-state index contributed by atoms with van der Waals surface area (Å²) >= 11 is 0. The van der Waals surface area contributed by atoms with Gasteiger partial charge in [-0.25, -0.2) is 0 Å². The fraction of sp³-hybridized carbons (Fsp3) is 0.423. The molecule has 0 unspecified atom stereocenters. The van der Waals surface area contributed by atoms with Crippen LogP contribution in [0.1, 0.15) is 11.1 Å². The highest BCUT2D eigenvalue weighted by molar-refractivity contribution is 5.95. The molecule has 0 aliphatic carbocycles. The van der Waals surface area contributed by atoms with Gasteiger partial charge in [-0.15, -0.1) is 0 Å². The zero-order chi connectivity index (χ0) is 24.7. The predicted octanol–water partition coefficient (Wildman–Crippen LogP) is 3.81. The zero-order valence-electron chi connectivity index (χ0n) is 19.6. The van der Waals surface area contributed by atoms with Crippen molar-refractivity contribution in [3.8, 4) is 0 Å². The van der Waals surface area contributed by atoms with Crippen molar-refractivity contribution >= 4 is 23.4 Å². The molecule has 2 aliphatic rings. The first kappa shape index (κ1) is 25.2. The molecule has 9 heteroatoms. The van der Waals surface area contributed by atoms with E-state index < -0.39 is 11.7 Å². The maximum atomic E-state index is 13.3. The molecule has 2 saturated heterocycles. The lowest BCUT2D eigenvalue weighted by Gasteiger charge is -2.34. The van der Waals surface area contributed by atoms with Crippen molar-refractivity contribution in [2.24, 2.45) is 0 Å². The Bertz CT molecular complexity index is 999. The normalized spacial score (nSPS) is 18.2. The molecule has 0 aromatic heterocycles. The van der Waals surface area contributed by atoms with Crippen LogP contribution in [0, 0.1) is 0 Å². The van der Waals surface area contributed by atoms with E-state index in [0.717, 1.165) is 50.4 Å². The lowest BCUT2D eigenvalue weighted by molar-refractivity contribution is -0.137. The van der Waals surface area contributed by atoms with Gasteiger partial charge in [-0.05, 0) is 23.8 Å². The van der Waals surface area contributed by atoms with Gasteiger partial charge in [-0.3, -0.25) is 14.6 Å². The average molecular weight is 489 g/mol. The van der Waals surface area contributed by atoms with Gasteiger partial charge in [0.25, 0.3) is 0 Å². The van der Waals surface area contributed by atoms with E-state index in [2.05, 4.69) is 34.5 Å². The van der Waals surface area contributed by atoms with Crippen LogP contribution in [-0.4, -0.2) is 81.3 Å². The number of halogens is 3. The maximum Gasteiger partial charge on any atom is 0.416 e. The molecule has 2 fully saturated rings. The number of morpholine rings is 1. The molecule has 4 rings (SSSR count). The fourth-order valence-corrected chi connectivity index (χ4v) is 4.32. The number of rotatable bonds is 7. The van der Waals surface area contributed by atoms with Crippen molar-refractivity contribution in [3.05, 3.63) is 65.7 Å². The molecule has 35 heavy (non-hydrogen) atoms. The molecular weight excluding hydrogens is 457 g/mol. The summed E-state index contributed by atoms with van der Waals surface area (Å²) in [6.07, 6.45) is -0.242. The van der Waals surface area contributed by atoms with Crippen molar-refractivity contribution in [2.75, 3.05) is 75.8 Å². The third kappa shape index (κ3) is 7.30. The summed E-state index contributed by atoms with van der Waals surface area (Å²) in [6, 6.07) is 13.6. The van der Waals surface area contributed by atoms with Crippen molar-refractivity contribution in [1.29, 1.82) is 0 Å². The molecule has 6 nitrogen and oxygen atoms in total. The highest BCUT2D eigenvalue weighted by atomic mass is 19.4. The number of ether oxygens (including phenoxy) is 1. The summed E-state index contributed by atoms with van der Waals surface area (Å²) < 4.78 is 45.3. The molecular formula is C26H31F3N4O2. The van der Waals surface area contributed by atoms with Crippen LogP contribution in [-0.2, 0) is 15.7 Å². The first-order chi connectivity index (χ1) is 16.9. The molecule has 0 radical (unpaired) electrons. The van der Waals surface area contributed by atoms with Gasteiger partial charge in [0.15, 0.2) is 0 Å². The standard InChI is InChI=1S/C26H31F3N4O2/c27-26(28,29)22-8-9-24(33-15-17-35-18-16-33)23(19-22)30-25(34)20-32-13-11-31(12-14-32)10-4-7-21-5-2-1-3-6-21/h1-9,19H,10-18,20H2,(H,30,34). The van der Waals surface area contributed by atoms with Crippen molar-refractivity contribution in [1.82, 2.24) is 9.80 Å². The summed E-state index contributed by atoms with van der Waals surface area (Å²) in [5.74, 6) is -0.309. The van der Waals surface area contributed by atoms with Gasteiger partial charge >= 0.3 is 6.18 Å². The highest BCUT2D eigenvalue weighted by Gasteiger charge is 2.32. The summed E-state index contributed by atoms with van der Waals surface area (Å²) in [6.45, 7) is 6.22. The molecule has 2 aliphatic heterocycles. The average Bonchev–Trinajstić information content (AvgIpc) is 2.86. The second kappa shape index (κ2) is 11.7. The number of hydrogen-bond acceptors (Lipinski definition) is 5. The van der Waals surface area contributed by atoms with Crippen LogP contribution in [0.25, 0.3) is 6.08 Å². The number of hydrogen-bond donors (Lipinski definition) is 1. The van der Waals surface area contributed by atoms with Crippen LogP contribution in [0.5, 0.6) is 0 Å². The van der Waals surface area contributed by atoms with Gasteiger partial charge in [0.05, 0.1) is 36.7 Å². The number of nitrogens with one attached hydrogen (secondary N) is 1.